The maximum Gasteiger partial charge on any atom is 0.307 e. The standard InChI is InChI=1S/C14H18ClNO3/c1-2-3-10-19-13(17)8-9-16-14(18)11-4-6-12(15)7-5-11/h4-7H,2-3,8-10H2,1H3,(H,16,18). The highest BCUT2D eigenvalue weighted by atomic mass is 35.5. The van der Waals surface area contributed by atoms with Crippen molar-refractivity contribution >= 4 is 23.5 Å². The van der Waals surface area contributed by atoms with Gasteiger partial charge in [0.25, 0.3) is 5.91 Å². The molecular weight excluding hydrogens is 266 g/mol. The molecule has 1 N–H and O–H groups in total. The summed E-state index contributed by atoms with van der Waals surface area (Å²) in [5.74, 6) is -0.511. The van der Waals surface area contributed by atoms with Gasteiger partial charge in [-0.2, -0.15) is 0 Å². The molecule has 0 saturated heterocycles. The molecule has 104 valence electrons. The Balaban J connectivity index is 2.23. The van der Waals surface area contributed by atoms with Gasteiger partial charge >= 0.3 is 5.97 Å². The Labute approximate surface area is 118 Å². The molecule has 0 bridgehead atoms. The van der Waals surface area contributed by atoms with Crippen LogP contribution in [0.3, 0.4) is 0 Å². The Hall–Kier alpha value is -1.55. The predicted molar refractivity (Wildman–Crippen MR) is 74.3 cm³/mol. The molecule has 0 fully saturated rings. The van der Waals surface area contributed by atoms with Crippen LogP contribution < -0.4 is 5.32 Å². The van der Waals surface area contributed by atoms with Gasteiger partial charge in [0.1, 0.15) is 0 Å². The molecule has 1 amide bonds. The van der Waals surface area contributed by atoms with Gasteiger partial charge < -0.3 is 10.1 Å². The molecule has 0 aliphatic heterocycles. The highest BCUT2D eigenvalue weighted by Gasteiger charge is 2.07. The number of esters is 1. The summed E-state index contributed by atoms with van der Waals surface area (Å²) in [6, 6.07) is 6.57. The monoisotopic (exact) mass is 283 g/mol. The molecule has 0 aliphatic rings. The van der Waals surface area contributed by atoms with Gasteiger partial charge in [-0.15, -0.1) is 0 Å². The van der Waals surface area contributed by atoms with Crippen LogP contribution in [0, 0.1) is 0 Å². The highest BCUT2D eigenvalue weighted by Crippen LogP contribution is 2.09. The summed E-state index contributed by atoms with van der Waals surface area (Å²) in [7, 11) is 0. The first kappa shape index (κ1) is 15.5. The van der Waals surface area contributed by atoms with Gasteiger partial charge in [0.2, 0.25) is 0 Å². The number of carbonyl (C=O) groups excluding carboxylic acids is 2. The van der Waals surface area contributed by atoms with E-state index in [1.54, 1.807) is 24.3 Å². The average molecular weight is 284 g/mol. The molecule has 0 aliphatic carbocycles. The van der Waals surface area contributed by atoms with Crippen molar-refractivity contribution in [2.24, 2.45) is 0 Å². The normalized spacial score (nSPS) is 10.0. The van der Waals surface area contributed by atoms with E-state index in [1.807, 2.05) is 6.92 Å². The van der Waals surface area contributed by atoms with Gasteiger partial charge in [-0.3, -0.25) is 9.59 Å². The van der Waals surface area contributed by atoms with Gasteiger partial charge in [-0.1, -0.05) is 24.9 Å². The molecule has 1 rings (SSSR count). The molecule has 0 aromatic heterocycles. The fraction of sp³-hybridized carbons (Fsp3) is 0.429. The Morgan fingerprint density at radius 2 is 1.95 bits per heavy atom. The van der Waals surface area contributed by atoms with Crippen LogP contribution in [-0.2, 0) is 9.53 Å². The summed E-state index contributed by atoms with van der Waals surface area (Å²) in [5.41, 5.74) is 0.517. The number of hydrogen-bond donors (Lipinski definition) is 1. The number of nitrogens with one attached hydrogen (secondary N) is 1. The van der Waals surface area contributed by atoms with Gasteiger partial charge in [-0.25, -0.2) is 0 Å². The molecule has 0 atom stereocenters. The van der Waals surface area contributed by atoms with E-state index in [9.17, 15) is 9.59 Å². The zero-order valence-electron chi connectivity index (χ0n) is 10.9. The van der Waals surface area contributed by atoms with Crippen LogP contribution >= 0.6 is 11.6 Å². The fourth-order valence-electron chi connectivity index (χ4n) is 1.38. The van der Waals surface area contributed by atoms with E-state index in [0.29, 0.717) is 17.2 Å². The Kier molecular flexibility index (Phi) is 6.97. The van der Waals surface area contributed by atoms with Gasteiger partial charge in [0.05, 0.1) is 13.0 Å². The number of rotatable bonds is 7. The molecule has 0 heterocycles. The smallest absolute Gasteiger partial charge is 0.307 e. The van der Waals surface area contributed by atoms with Crippen LogP contribution in [0.2, 0.25) is 5.02 Å². The summed E-state index contributed by atoms with van der Waals surface area (Å²) in [4.78, 5) is 23.0. The Morgan fingerprint density at radius 3 is 2.58 bits per heavy atom. The second-order valence-electron chi connectivity index (χ2n) is 4.09. The second kappa shape index (κ2) is 8.53. The Morgan fingerprint density at radius 1 is 1.26 bits per heavy atom. The van der Waals surface area contributed by atoms with E-state index in [4.69, 9.17) is 16.3 Å². The number of amides is 1. The molecule has 0 radical (unpaired) electrons. The third-order valence-electron chi connectivity index (χ3n) is 2.48. The molecule has 1 aromatic rings. The van der Waals surface area contributed by atoms with Crippen LogP contribution in [-0.4, -0.2) is 25.0 Å². The molecule has 4 nitrogen and oxygen atoms in total. The van der Waals surface area contributed by atoms with Gasteiger partial charge in [-0.05, 0) is 30.7 Å². The van der Waals surface area contributed by atoms with Crippen LogP contribution in [0.5, 0.6) is 0 Å². The zero-order chi connectivity index (χ0) is 14.1. The zero-order valence-corrected chi connectivity index (χ0v) is 11.7. The van der Waals surface area contributed by atoms with Crippen LogP contribution in [0.15, 0.2) is 24.3 Å². The average Bonchev–Trinajstić information content (AvgIpc) is 2.39. The van der Waals surface area contributed by atoms with Crippen molar-refractivity contribution < 1.29 is 14.3 Å². The van der Waals surface area contributed by atoms with Crippen LogP contribution in [0.1, 0.15) is 36.5 Å². The molecule has 1 aromatic carbocycles. The van der Waals surface area contributed by atoms with Crippen molar-refractivity contribution in [3.63, 3.8) is 0 Å². The topological polar surface area (TPSA) is 55.4 Å². The van der Waals surface area contributed by atoms with E-state index in [0.717, 1.165) is 12.8 Å². The summed E-state index contributed by atoms with van der Waals surface area (Å²) < 4.78 is 4.98. The first-order valence-electron chi connectivity index (χ1n) is 6.33. The maximum atomic E-state index is 11.7. The number of ether oxygens (including phenoxy) is 1. The van der Waals surface area contributed by atoms with Crippen molar-refractivity contribution in [3.8, 4) is 0 Å². The van der Waals surface area contributed by atoms with E-state index in [1.165, 1.54) is 0 Å². The van der Waals surface area contributed by atoms with Crippen molar-refractivity contribution in [1.29, 1.82) is 0 Å². The summed E-state index contributed by atoms with van der Waals surface area (Å²) in [5, 5.41) is 3.24. The first-order chi connectivity index (χ1) is 9.13. The maximum absolute atomic E-state index is 11.7. The van der Waals surface area contributed by atoms with E-state index in [2.05, 4.69) is 5.32 Å². The molecule has 0 saturated carbocycles. The van der Waals surface area contributed by atoms with Gasteiger partial charge in [0.15, 0.2) is 0 Å². The van der Waals surface area contributed by atoms with E-state index in [-0.39, 0.29) is 24.8 Å². The Bertz CT molecular complexity index is 417. The number of benzene rings is 1. The molecule has 19 heavy (non-hydrogen) atoms. The lowest BCUT2D eigenvalue weighted by atomic mass is 10.2. The van der Waals surface area contributed by atoms with Crippen LogP contribution in [0.4, 0.5) is 0 Å². The third-order valence-corrected chi connectivity index (χ3v) is 2.73. The summed E-state index contributed by atoms with van der Waals surface area (Å²) in [6.45, 7) is 2.74. The van der Waals surface area contributed by atoms with E-state index < -0.39 is 0 Å². The van der Waals surface area contributed by atoms with Crippen molar-refractivity contribution in [1.82, 2.24) is 5.32 Å². The minimum absolute atomic E-state index is 0.184. The number of hydrogen-bond acceptors (Lipinski definition) is 3. The second-order valence-corrected chi connectivity index (χ2v) is 4.52. The quantitative estimate of drug-likeness (QED) is 0.618. The number of unbranched alkanes of at least 4 members (excludes halogenated alkanes) is 1. The highest BCUT2D eigenvalue weighted by molar-refractivity contribution is 6.30. The summed E-state index contributed by atoms with van der Waals surface area (Å²) in [6.07, 6.45) is 2.03. The van der Waals surface area contributed by atoms with Crippen molar-refractivity contribution in [2.75, 3.05) is 13.2 Å². The lowest BCUT2D eigenvalue weighted by Crippen LogP contribution is -2.26. The minimum atomic E-state index is -0.287. The molecular formula is C14H18ClNO3. The molecule has 0 spiro atoms. The molecule has 0 unspecified atom stereocenters. The van der Waals surface area contributed by atoms with E-state index >= 15 is 0 Å². The largest absolute Gasteiger partial charge is 0.466 e. The fourth-order valence-corrected chi connectivity index (χ4v) is 1.51. The minimum Gasteiger partial charge on any atom is -0.466 e. The summed E-state index contributed by atoms with van der Waals surface area (Å²) >= 11 is 5.73. The van der Waals surface area contributed by atoms with Crippen molar-refractivity contribution in [3.05, 3.63) is 34.9 Å². The SMILES string of the molecule is CCCCOC(=O)CCNC(=O)c1ccc(Cl)cc1. The van der Waals surface area contributed by atoms with Gasteiger partial charge in [0, 0.05) is 17.1 Å². The third kappa shape index (κ3) is 6.25. The molecule has 5 heteroatoms. The number of carbonyl (C=O) groups is 2. The first-order valence-corrected chi connectivity index (χ1v) is 6.70. The predicted octanol–water partition coefficient (Wildman–Crippen LogP) is 2.80. The lowest BCUT2D eigenvalue weighted by molar-refractivity contribution is -0.143. The van der Waals surface area contributed by atoms with Crippen molar-refractivity contribution in [2.45, 2.75) is 26.2 Å². The van der Waals surface area contributed by atoms with Crippen LogP contribution in [0.25, 0.3) is 0 Å². The number of halogens is 1. The lowest BCUT2D eigenvalue weighted by Gasteiger charge is -2.06.